The fraction of sp³-hybridized carbons (Fsp3) is 0.333. The van der Waals surface area contributed by atoms with E-state index in [2.05, 4.69) is 13.2 Å². The zero-order valence-corrected chi connectivity index (χ0v) is 9.02. The van der Waals surface area contributed by atoms with Gasteiger partial charge in [-0.2, -0.15) is 0 Å². The van der Waals surface area contributed by atoms with Crippen molar-refractivity contribution in [1.82, 2.24) is 0 Å². The Morgan fingerprint density at radius 1 is 1.23 bits per heavy atom. The van der Waals surface area contributed by atoms with Gasteiger partial charge in [-0.3, -0.25) is 0 Å². The van der Waals surface area contributed by atoms with Crippen molar-refractivity contribution in [2.24, 2.45) is 0 Å². The third-order valence-electron chi connectivity index (χ3n) is 1.11. The minimum Gasteiger partial charge on any atom is -0.207 e. The molecule has 0 aromatic rings. The number of hydrogen-bond acceptors (Lipinski definition) is 0. The summed E-state index contributed by atoms with van der Waals surface area (Å²) < 4.78 is 12.0. The van der Waals surface area contributed by atoms with Gasteiger partial charge in [-0.05, 0) is 33.3 Å². The Hall–Kier alpha value is -1.11. The fourth-order valence-electron chi connectivity index (χ4n) is 0.482. The van der Waals surface area contributed by atoms with E-state index in [9.17, 15) is 4.39 Å². The van der Waals surface area contributed by atoms with Crippen LogP contribution in [0.5, 0.6) is 0 Å². The van der Waals surface area contributed by atoms with Crippen LogP contribution in [-0.4, -0.2) is 0 Å². The fourth-order valence-corrected chi connectivity index (χ4v) is 0.482. The van der Waals surface area contributed by atoms with E-state index in [-0.39, 0.29) is 5.83 Å². The quantitative estimate of drug-likeness (QED) is 0.548. The van der Waals surface area contributed by atoms with Crippen molar-refractivity contribution in [2.75, 3.05) is 0 Å². The molecule has 0 unspecified atom stereocenters. The predicted molar refractivity (Wildman–Crippen MR) is 59.3 cm³/mol. The average Bonchev–Trinajstić information content (AvgIpc) is 2.03. The van der Waals surface area contributed by atoms with Crippen LogP contribution < -0.4 is 0 Å². The van der Waals surface area contributed by atoms with Crippen LogP contribution >= 0.6 is 0 Å². The van der Waals surface area contributed by atoms with E-state index < -0.39 is 0 Å². The van der Waals surface area contributed by atoms with Gasteiger partial charge < -0.3 is 0 Å². The first-order valence-corrected chi connectivity index (χ1v) is 4.19. The van der Waals surface area contributed by atoms with E-state index in [4.69, 9.17) is 0 Å². The van der Waals surface area contributed by atoms with E-state index in [1.54, 1.807) is 19.9 Å². The first-order valence-electron chi connectivity index (χ1n) is 4.19. The van der Waals surface area contributed by atoms with Crippen LogP contribution in [0, 0.1) is 0 Å². The van der Waals surface area contributed by atoms with Gasteiger partial charge >= 0.3 is 0 Å². The van der Waals surface area contributed by atoms with Gasteiger partial charge in [-0.15, -0.1) is 0 Å². The molecule has 13 heavy (non-hydrogen) atoms. The van der Waals surface area contributed by atoms with Crippen molar-refractivity contribution in [2.45, 2.75) is 27.7 Å². The Bertz CT molecular complexity index is 215. The summed E-state index contributed by atoms with van der Waals surface area (Å²) in [5.41, 5.74) is 1.78. The highest BCUT2D eigenvalue weighted by atomic mass is 19.1. The largest absolute Gasteiger partial charge is 0.207 e. The van der Waals surface area contributed by atoms with Gasteiger partial charge in [0.25, 0.3) is 0 Å². The monoisotopic (exact) mass is 182 g/mol. The smallest absolute Gasteiger partial charge is 0.121 e. The number of halogens is 1. The van der Waals surface area contributed by atoms with Gasteiger partial charge in [-0.25, -0.2) is 4.39 Å². The first-order chi connectivity index (χ1) is 5.95. The summed E-state index contributed by atoms with van der Waals surface area (Å²) in [5.74, 6) is -0.222. The van der Waals surface area contributed by atoms with Crippen LogP contribution in [0.25, 0.3) is 0 Å². The van der Waals surface area contributed by atoms with Crippen LogP contribution in [0.4, 0.5) is 4.39 Å². The molecular formula is C12H19F. The predicted octanol–water partition coefficient (Wildman–Crippen LogP) is 4.57. The lowest BCUT2D eigenvalue weighted by atomic mass is 10.3. The third-order valence-corrected chi connectivity index (χ3v) is 1.11. The Labute approximate surface area is 81.2 Å². The molecule has 74 valence electrons. The van der Waals surface area contributed by atoms with E-state index in [0.29, 0.717) is 5.57 Å². The van der Waals surface area contributed by atoms with Crippen LogP contribution in [-0.2, 0) is 0 Å². The normalized spacial score (nSPS) is 9.46. The summed E-state index contributed by atoms with van der Waals surface area (Å²) in [6.07, 6.45) is 5.15. The molecule has 0 fully saturated rings. The molecule has 0 N–H and O–H groups in total. The first kappa shape index (κ1) is 14.4. The van der Waals surface area contributed by atoms with Gasteiger partial charge in [0.2, 0.25) is 0 Å². The van der Waals surface area contributed by atoms with Gasteiger partial charge in [-0.1, -0.05) is 37.0 Å². The number of hydrogen-bond donors (Lipinski definition) is 0. The second-order valence-corrected chi connectivity index (χ2v) is 2.90. The van der Waals surface area contributed by atoms with Crippen molar-refractivity contribution >= 4 is 0 Å². The van der Waals surface area contributed by atoms with Crippen LogP contribution in [0.3, 0.4) is 0 Å². The number of rotatable bonds is 2. The lowest BCUT2D eigenvalue weighted by molar-refractivity contribution is 0.650. The zero-order valence-electron chi connectivity index (χ0n) is 9.02. The van der Waals surface area contributed by atoms with Crippen LogP contribution in [0.15, 0.2) is 48.4 Å². The van der Waals surface area contributed by atoms with Crippen molar-refractivity contribution in [3.05, 3.63) is 48.4 Å². The van der Waals surface area contributed by atoms with Crippen molar-refractivity contribution in [3.8, 4) is 0 Å². The third kappa shape index (κ3) is 13.8. The maximum Gasteiger partial charge on any atom is 0.121 e. The van der Waals surface area contributed by atoms with Crippen molar-refractivity contribution in [3.63, 3.8) is 0 Å². The molecule has 0 heterocycles. The summed E-state index contributed by atoms with van der Waals surface area (Å²) in [4.78, 5) is 0. The zero-order chi connectivity index (χ0) is 10.9. The molecule has 0 saturated carbocycles. The number of allylic oxidation sites excluding steroid dienone is 6. The van der Waals surface area contributed by atoms with Crippen LogP contribution in [0.1, 0.15) is 27.7 Å². The second kappa shape index (κ2) is 8.98. The van der Waals surface area contributed by atoms with Gasteiger partial charge in [0, 0.05) is 0 Å². The van der Waals surface area contributed by atoms with E-state index in [0.717, 1.165) is 0 Å². The molecule has 1 heteroatoms. The molecular weight excluding hydrogens is 163 g/mol. The molecule has 0 amide bonds. The molecule has 0 aromatic carbocycles. The van der Waals surface area contributed by atoms with Crippen molar-refractivity contribution in [1.29, 1.82) is 0 Å². The Balaban J connectivity index is 0. The maximum absolute atomic E-state index is 12.0. The highest BCUT2D eigenvalue weighted by Gasteiger charge is 1.87. The van der Waals surface area contributed by atoms with Gasteiger partial charge in [0.1, 0.15) is 5.83 Å². The van der Waals surface area contributed by atoms with Gasteiger partial charge in [0.05, 0.1) is 0 Å². The molecule has 0 nitrogen and oxygen atoms in total. The molecule has 0 aliphatic heterocycles. The van der Waals surface area contributed by atoms with Crippen LogP contribution in [0.2, 0.25) is 0 Å². The molecule has 0 bridgehead atoms. The van der Waals surface area contributed by atoms with E-state index in [1.807, 2.05) is 19.9 Å². The lowest BCUT2D eigenvalue weighted by Crippen LogP contribution is -1.68. The lowest BCUT2D eigenvalue weighted by Gasteiger charge is -1.86. The molecule has 0 atom stereocenters. The summed E-state index contributed by atoms with van der Waals surface area (Å²) in [6, 6.07) is 0. The topological polar surface area (TPSA) is 0 Å². The molecule has 0 radical (unpaired) electrons. The minimum atomic E-state index is -0.222. The highest BCUT2D eigenvalue weighted by Crippen LogP contribution is 2.05. The summed E-state index contributed by atoms with van der Waals surface area (Å²) in [6.45, 7) is 14.3. The van der Waals surface area contributed by atoms with E-state index in [1.165, 1.54) is 11.6 Å². The second-order valence-electron chi connectivity index (χ2n) is 2.90. The Kier molecular flexibility index (Phi) is 9.96. The minimum absolute atomic E-state index is 0.222. The summed E-state index contributed by atoms with van der Waals surface area (Å²) in [5, 5.41) is 0. The molecule has 0 spiro atoms. The standard InChI is InChI=1S/C6H9F.C6H10/c1-4-6(7)5(2)3;1-4-5-6(2)3/h4H,2H2,1,3H3;4-5H,1H2,2-3H3/b6-4+;. The molecule has 0 aliphatic rings. The molecule has 0 aromatic heterocycles. The molecule has 0 rings (SSSR count). The molecule has 0 saturated heterocycles. The Morgan fingerprint density at radius 2 is 1.69 bits per heavy atom. The van der Waals surface area contributed by atoms with Gasteiger partial charge in [0.15, 0.2) is 0 Å². The van der Waals surface area contributed by atoms with Crippen molar-refractivity contribution < 1.29 is 4.39 Å². The maximum atomic E-state index is 12.0. The average molecular weight is 182 g/mol. The highest BCUT2D eigenvalue weighted by molar-refractivity contribution is 5.17. The SMILES string of the molecule is C=C(C)/C(F)=C\C.C=CC=C(C)C. The summed E-state index contributed by atoms with van der Waals surface area (Å²) >= 11 is 0. The Morgan fingerprint density at radius 3 is 1.69 bits per heavy atom. The summed E-state index contributed by atoms with van der Waals surface area (Å²) in [7, 11) is 0. The molecule has 0 aliphatic carbocycles. The van der Waals surface area contributed by atoms with E-state index >= 15 is 0 Å².